The van der Waals surface area contributed by atoms with E-state index in [1.54, 1.807) is 0 Å². The van der Waals surface area contributed by atoms with Crippen LogP contribution >= 0.6 is 0 Å². The number of anilines is 1. The SMILES string of the molecule is C[C@@H](CC(C)(C)C)c1ccc(N2CCCCC2)cc1. The number of piperidine rings is 1. The van der Waals surface area contributed by atoms with Crippen LogP contribution in [0.25, 0.3) is 0 Å². The van der Waals surface area contributed by atoms with Gasteiger partial charge in [0.25, 0.3) is 0 Å². The van der Waals surface area contributed by atoms with Gasteiger partial charge in [0.1, 0.15) is 0 Å². The summed E-state index contributed by atoms with van der Waals surface area (Å²) in [6.07, 6.45) is 5.34. The summed E-state index contributed by atoms with van der Waals surface area (Å²) >= 11 is 0. The number of hydrogen-bond acceptors (Lipinski definition) is 1. The number of rotatable bonds is 3. The van der Waals surface area contributed by atoms with Gasteiger partial charge in [0.05, 0.1) is 0 Å². The molecule has 1 aliphatic heterocycles. The van der Waals surface area contributed by atoms with Crippen LogP contribution in [-0.4, -0.2) is 13.1 Å². The predicted octanol–water partition coefficient (Wildman–Crippen LogP) is 5.22. The molecule has 0 aromatic heterocycles. The van der Waals surface area contributed by atoms with Gasteiger partial charge >= 0.3 is 0 Å². The van der Waals surface area contributed by atoms with Gasteiger partial charge < -0.3 is 4.90 Å². The minimum absolute atomic E-state index is 0.408. The van der Waals surface area contributed by atoms with Crippen molar-refractivity contribution < 1.29 is 0 Å². The van der Waals surface area contributed by atoms with E-state index in [1.165, 1.54) is 50.0 Å². The number of nitrogens with zero attached hydrogens (tertiary/aromatic N) is 1. The van der Waals surface area contributed by atoms with Crippen molar-refractivity contribution in [3.63, 3.8) is 0 Å². The highest BCUT2D eigenvalue weighted by atomic mass is 15.1. The molecule has 0 aliphatic carbocycles. The smallest absolute Gasteiger partial charge is 0.0366 e. The Morgan fingerprint density at radius 2 is 1.58 bits per heavy atom. The lowest BCUT2D eigenvalue weighted by atomic mass is 9.82. The van der Waals surface area contributed by atoms with Crippen LogP contribution in [-0.2, 0) is 0 Å². The van der Waals surface area contributed by atoms with E-state index in [1.807, 2.05) is 0 Å². The second-order valence-electron chi connectivity index (χ2n) is 7.31. The van der Waals surface area contributed by atoms with Crippen molar-refractivity contribution in [1.29, 1.82) is 0 Å². The van der Waals surface area contributed by atoms with Crippen molar-refractivity contribution in [2.24, 2.45) is 5.41 Å². The summed E-state index contributed by atoms with van der Waals surface area (Å²) in [6, 6.07) is 9.31. The molecule has 106 valence electrons. The second kappa shape index (κ2) is 5.98. The van der Waals surface area contributed by atoms with Gasteiger partial charge in [-0.15, -0.1) is 0 Å². The van der Waals surface area contributed by atoms with Crippen molar-refractivity contribution >= 4 is 5.69 Å². The second-order valence-corrected chi connectivity index (χ2v) is 7.31. The lowest BCUT2D eigenvalue weighted by molar-refractivity contribution is 0.349. The van der Waals surface area contributed by atoms with Crippen LogP contribution in [0.4, 0.5) is 5.69 Å². The molecule has 1 fully saturated rings. The molecule has 1 atom stereocenters. The van der Waals surface area contributed by atoms with E-state index in [0.717, 1.165) is 0 Å². The summed E-state index contributed by atoms with van der Waals surface area (Å²) in [6.45, 7) is 11.8. The summed E-state index contributed by atoms with van der Waals surface area (Å²) in [5.74, 6) is 0.649. The zero-order valence-electron chi connectivity index (χ0n) is 13.1. The van der Waals surface area contributed by atoms with Crippen LogP contribution in [0, 0.1) is 5.41 Å². The Hall–Kier alpha value is -0.980. The Balaban J connectivity index is 2.01. The topological polar surface area (TPSA) is 3.24 Å². The van der Waals surface area contributed by atoms with Crippen LogP contribution in [0.5, 0.6) is 0 Å². The van der Waals surface area contributed by atoms with Crippen LogP contribution in [0.15, 0.2) is 24.3 Å². The molecule has 1 aromatic rings. The van der Waals surface area contributed by atoms with Gasteiger partial charge in [0, 0.05) is 18.8 Å². The highest BCUT2D eigenvalue weighted by Crippen LogP contribution is 2.31. The average molecular weight is 259 g/mol. The Morgan fingerprint density at radius 3 is 2.11 bits per heavy atom. The minimum atomic E-state index is 0.408. The molecular weight excluding hydrogens is 230 g/mol. The maximum atomic E-state index is 2.53. The lowest BCUT2D eigenvalue weighted by Crippen LogP contribution is -2.29. The third-order valence-corrected chi connectivity index (χ3v) is 4.10. The molecule has 0 saturated carbocycles. The standard InChI is InChI=1S/C18H29N/c1-15(14-18(2,3)4)16-8-10-17(11-9-16)19-12-6-5-7-13-19/h8-11,15H,5-7,12-14H2,1-4H3/t15-/m0/s1. The summed E-state index contributed by atoms with van der Waals surface area (Å²) in [4.78, 5) is 2.53. The molecule has 0 bridgehead atoms. The van der Waals surface area contributed by atoms with Crippen LogP contribution < -0.4 is 4.90 Å². The van der Waals surface area contributed by atoms with Crippen molar-refractivity contribution in [3.8, 4) is 0 Å². The Kier molecular flexibility index (Phi) is 4.54. The molecule has 1 saturated heterocycles. The molecule has 0 N–H and O–H groups in total. The minimum Gasteiger partial charge on any atom is -0.372 e. The molecule has 1 heteroatoms. The quantitative estimate of drug-likeness (QED) is 0.719. The van der Waals surface area contributed by atoms with E-state index >= 15 is 0 Å². The molecule has 0 spiro atoms. The first-order valence-corrected chi connectivity index (χ1v) is 7.81. The molecule has 1 aliphatic rings. The number of hydrogen-bond donors (Lipinski definition) is 0. The Labute approximate surface area is 119 Å². The first-order chi connectivity index (χ1) is 8.96. The third kappa shape index (κ3) is 4.26. The van der Waals surface area contributed by atoms with Crippen molar-refractivity contribution in [1.82, 2.24) is 0 Å². The van der Waals surface area contributed by atoms with Gasteiger partial charge in [-0.05, 0) is 54.7 Å². The predicted molar refractivity (Wildman–Crippen MR) is 85.0 cm³/mol. The van der Waals surface area contributed by atoms with Crippen LogP contribution in [0.2, 0.25) is 0 Å². The summed E-state index contributed by atoms with van der Waals surface area (Å²) in [5, 5.41) is 0. The molecule has 2 rings (SSSR count). The molecule has 0 radical (unpaired) electrons. The lowest BCUT2D eigenvalue weighted by Gasteiger charge is -2.29. The van der Waals surface area contributed by atoms with Gasteiger partial charge in [-0.25, -0.2) is 0 Å². The largest absolute Gasteiger partial charge is 0.372 e. The summed E-state index contributed by atoms with van der Waals surface area (Å²) in [7, 11) is 0. The fraction of sp³-hybridized carbons (Fsp3) is 0.667. The molecule has 1 heterocycles. The van der Waals surface area contributed by atoms with E-state index in [-0.39, 0.29) is 0 Å². The van der Waals surface area contributed by atoms with Crippen LogP contribution in [0.3, 0.4) is 0 Å². The van der Waals surface area contributed by atoms with Crippen LogP contribution in [0.1, 0.15) is 64.9 Å². The molecule has 0 amide bonds. The van der Waals surface area contributed by atoms with E-state index < -0.39 is 0 Å². The fourth-order valence-electron chi connectivity index (χ4n) is 3.20. The first-order valence-electron chi connectivity index (χ1n) is 7.81. The normalized spacial score (nSPS) is 18.4. The van der Waals surface area contributed by atoms with E-state index in [0.29, 0.717) is 11.3 Å². The maximum absolute atomic E-state index is 2.53. The number of benzene rings is 1. The highest BCUT2D eigenvalue weighted by molar-refractivity contribution is 5.48. The van der Waals surface area contributed by atoms with Gasteiger partial charge in [-0.3, -0.25) is 0 Å². The molecule has 1 nitrogen and oxygen atoms in total. The van der Waals surface area contributed by atoms with E-state index in [9.17, 15) is 0 Å². The van der Waals surface area contributed by atoms with Crippen molar-refractivity contribution in [2.75, 3.05) is 18.0 Å². The Bertz CT molecular complexity index is 379. The zero-order chi connectivity index (χ0) is 13.9. The third-order valence-electron chi connectivity index (χ3n) is 4.10. The van der Waals surface area contributed by atoms with Gasteiger partial charge in [-0.2, -0.15) is 0 Å². The maximum Gasteiger partial charge on any atom is 0.0366 e. The summed E-state index contributed by atoms with van der Waals surface area (Å²) in [5.41, 5.74) is 3.30. The molecule has 19 heavy (non-hydrogen) atoms. The molecular formula is C18H29N. The zero-order valence-corrected chi connectivity index (χ0v) is 13.1. The van der Waals surface area contributed by atoms with E-state index in [2.05, 4.69) is 56.9 Å². The van der Waals surface area contributed by atoms with Crippen molar-refractivity contribution in [3.05, 3.63) is 29.8 Å². The average Bonchev–Trinajstić information content (AvgIpc) is 2.38. The fourth-order valence-corrected chi connectivity index (χ4v) is 3.20. The summed E-state index contributed by atoms with van der Waals surface area (Å²) < 4.78 is 0. The first kappa shape index (κ1) is 14.4. The van der Waals surface area contributed by atoms with Gasteiger partial charge in [0.2, 0.25) is 0 Å². The monoisotopic (exact) mass is 259 g/mol. The van der Waals surface area contributed by atoms with Gasteiger partial charge in [0.15, 0.2) is 0 Å². The molecule has 1 aromatic carbocycles. The highest BCUT2D eigenvalue weighted by Gasteiger charge is 2.17. The van der Waals surface area contributed by atoms with E-state index in [4.69, 9.17) is 0 Å². The van der Waals surface area contributed by atoms with Gasteiger partial charge in [-0.1, -0.05) is 39.8 Å². The Morgan fingerprint density at radius 1 is 1.00 bits per heavy atom. The molecule has 0 unspecified atom stereocenters. The van der Waals surface area contributed by atoms with Crippen molar-refractivity contribution in [2.45, 2.75) is 59.3 Å².